The Bertz CT molecular complexity index is 1210. The molecule has 0 spiro atoms. The number of nitrogens with two attached hydrogens (primary N) is 1. The number of fused-ring (bicyclic) bond motifs is 2. The Hall–Kier alpha value is -2.77. The molecule has 0 saturated heterocycles. The van der Waals surface area contributed by atoms with E-state index in [1.807, 2.05) is 54.8 Å². The molecular formula is C21H17N3O2S2. The van der Waals surface area contributed by atoms with Gasteiger partial charge in [-0.1, -0.05) is 42.1 Å². The Morgan fingerprint density at radius 3 is 2.36 bits per heavy atom. The number of aromatic nitrogens is 2. The number of para-hydroxylation sites is 2. The van der Waals surface area contributed by atoms with Gasteiger partial charge in [0.1, 0.15) is 11.4 Å². The van der Waals surface area contributed by atoms with Gasteiger partial charge in [0.2, 0.25) is 0 Å². The van der Waals surface area contributed by atoms with Crippen LogP contribution >= 0.6 is 23.5 Å². The van der Waals surface area contributed by atoms with Crippen molar-refractivity contribution in [2.75, 3.05) is 13.4 Å². The zero-order valence-electron chi connectivity index (χ0n) is 15.3. The molecule has 2 heterocycles. The number of hydrogen-bond acceptors (Lipinski definition) is 6. The van der Waals surface area contributed by atoms with E-state index >= 15 is 0 Å². The molecule has 140 valence electrons. The maximum atomic E-state index is 12.0. The van der Waals surface area contributed by atoms with Gasteiger partial charge in [0.15, 0.2) is 0 Å². The first-order valence-corrected chi connectivity index (χ1v) is 10.5. The lowest BCUT2D eigenvalue weighted by molar-refractivity contribution is 0.0992. The summed E-state index contributed by atoms with van der Waals surface area (Å²) in [5, 5.41) is 1.89. The van der Waals surface area contributed by atoms with Crippen molar-refractivity contribution >= 4 is 51.2 Å². The van der Waals surface area contributed by atoms with Crippen LogP contribution in [0.15, 0.2) is 69.4 Å². The molecular weight excluding hydrogens is 390 g/mol. The molecule has 0 bridgehead atoms. The lowest BCUT2D eigenvalue weighted by Gasteiger charge is -2.16. The number of carbonyl (C=O) groups excluding carboxylic acids is 1. The first kappa shape index (κ1) is 18.6. The van der Waals surface area contributed by atoms with Gasteiger partial charge in [-0.3, -0.25) is 9.78 Å². The normalized spacial score (nSPS) is 11.1. The number of thioether (sulfide) groups is 1. The number of pyridine rings is 2. The summed E-state index contributed by atoms with van der Waals surface area (Å²) in [6.45, 7) is 0. The average molecular weight is 408 g/mol. The van der Waals surface area contributed by atoms with Crippen LogP contribution in [0.3, 0.4) is 0 Å². The number of ether oxygens (including phenoxy) is 1. The number of methoxy groups -OCH3 is 1. The van der Waals surface area contributed by atoms with Crippen molar-refractivity contribution < 1.29 is 9.53 Å². The fourth-order valence-corrected chi connectivity index (χ4v) is 5.21. The molecule has 0 fully saturated rings. The second kappa shape index (κ2) is 7.69. The minimum Gasteiger partial charge on any atom is -0.495 e. The Labute approximate surface area is 170 Å². The van der Waals surface area contributed by atoms with Gasteiger partial charge in [-0.25, -0.2) is 4.98 Å². The van der Waals surface area contributed by atoms with Gasteiger partial charge < -0.3 is 10.5 Å². The number of amides is 1. The summed E-state index contributed by atoms with van der Waals surface area (Å²) in [5.74, 6) is 0.213. The Morgan fingerprint density at radius 1 is 1.00 bits per heavy atom. The van der Waals surface area contributed by atoms with Crippen LogP contribution in [-0.4, -0.2) is 29.2 Å². The summed E-state index contributed by atoms with van der Waals surface area (Å²) in [7, 11) is 1.65. The lowest BCUT2D eigenvalue weighted by atomic mass is 10.2. The third-order valence-corrected chi connectivity index (χ3v) is 6.42. The van der Waals surface area contributed by atoms with Crippen LogP contribution in [-0.2, 0) is 0 Å². The highest BCUT2D eigenvalue weighted by molar-refractivity contribution is 8.02. The van der Waals surface area contributed by atoms with Crippen LogP contribution in [0.1, 0.15) is 10.5 Å². The number of nitrogens with zero attached hydrogens (tertiary/aromatic N) is 2. The molecule has 4 rings (SSSR count). The molecule has 2 aromatic heterocycles. The fourth-order valence-electron chi connectivity index (χ4n) is 3.11. The van der Waals surface area contributed by atoms with Gasteiger partial charge in [-0.2, -0.15) is 0 Å². The molecule has 4 aromatic rings. The number of carbonyl (C=O) groups is 1. The molecule has 2 aromatic carbocycles. The minimum atomic E-state index is -0.541. The highest BCUT2D eigenvalue weighted by atomic mass is 32.2. The molecule has 0 atom stereocenters. The minimum absolute atomic E-state index is 0.279. The number of primary amides is 1. The molecule has 0 aliphatic carbocycles. The maximum Gasteiger partial charge on any atom is 0.268 e. The quantitative estimate of drug-likeness (QED) is 0.481. The summed E-state index contributed by atoms with van der Waals surface area (Å²) >= 11 is 2.97. The van der Waals surface area contributed by atoms with Crippen molar-refractivity contribution in [2.24, 2.45) is 5.73 Å². The Morgan fingerprint density at radius 2 is 1.68 bits per heavy atom. The van der Waals surface area contributed by atoms with E-state index in [-0.39, 0.29) is 5.69 Å². The van der Waals surface area contributed by atoms with E-state index < -0.39 is 5.91 Å². The van der Waals surface area contributed by atoms with Crippen LogP contribution in [0.25, 0.3) is 21.8 Å². The molecule has 5 nitrogen and oxygen atoms in total. The second-order valence-electron chi connectivity index (χ2n) is 5.98. The predicted molar refractivity (Wildman–Crippen MR) is 114 cm³/mol. The van der Waals surface area contributed by atoms with Gasteiger partial charge in [0.25, 0.3) is 5.91 Å². The van der Waals surface area contributed by atoms with Crippen molar-refractivity contribution in [3.63, 3.8) is 0 Å². The van der Waals surface area contributed by atoms with Crippen molar-refractivity contribution in [3.05, 3.63) is 60.4 Å². The van der Waals surface area contributed by atoms with Crippen LogP contribution < -0.4 is 10.5 Å². The highest BCUT2D eigenvalue weighted by Gasteiger charge is 2.21. The van der Waals surface area contributed by atoms with Crippen molar-refractivity contribution in [2.45, 2.75) is 14.7 Å². The van der Waals surface area contributed by atoms with Crippen molar-refractivity contribution in [3.8, 4) is 5.75 Å². The molecule has 2 N–H and O–H groups in total. The van der Waals surface area contributed by atoms with E-state index in [1.165, 1.54) is 23.5 Å². The third kappa shape index (κ3) is 3.16. The molecule has 1 amide bonds. The van der Waals surface area contributed by atoms with E-state index in [9.17, 15) is 4.79 Å². The van der Waals surface area contributed by atoms with Gasteiger partial charge in [0, 0.05) is 21.9 Å². The SMILES string of the molecule is COc1c(Sc2c(SC)c(C(N)=O)nc3ccccc23)cnc2ccccc12. The Balaban J connectivity index is 1.97. The molecule has 0 radical (unpaired) electrons. The first-order valence-electron chi connectivity index (χ1n) is 8.50. The van der Waals surface area contributed by atoms with Crippen molar-refractivity contribution in [1.29, 1.82) is 0 Å². The average Bonchev–Trinajstić information content (AvgIpc) is 2.73. The molecule has 0 unspecified atom stereocenters. The van der Waals surface area contributed by atoms with Gasteiger partial charge in [0.05, 0.1) is 27.9 Å². The van der Waals surface area contributed by atoms with Crippen LogP contribution in [0.2, 0.25) is 0 Å². The summed E-state index contributed by atoms with van der Waals surface area (Å²) in [6.07, 6.45) is 3.72. The number of hydrogen-bond donors (Lipinski definition) is 1. The Kier molecular flexibility index (Phi) is 5.11. The van der Waals surface area contributed by atoms with Crippen LogP contribution in [0.4, 0.5) is 0 Å². The summed E-state index contributed by atoms with van der Waals surface area (Å²) in [4.78, 5) is 23.6. The fraction of sp³-hybridized carbons (Fsp3) is 0.0952. The molecule has 28 heavy (non-hydrogen) atoms. The van der Waals surface area contributed by atoms with Crippen LogP contribution in [0.5, 0.6) is 5.75 Å². The summed E-state index contributed by atoms with van der Waals surface area (Å²) in [6, 6.07) is 15.6. The molecule has 0 saturated carbocycles. The standard InChI is InChI=1S/C21H17N3O2S2/c1-26-18-12-7-3-5-9-14(12)23-11-16(18)28-19-13-8-4-6-10-15(13)24-17(21(22)25)20(19)27-2/h3-11H,1-2H3,(H2,22,25). The van der Waals surface area contributed by atoms with E-state index in [0.29, 0.717) is 0 Å². The molecule has 0 aliphatic heterocycles. The zero-order valence-corrected chi connectivity index (χ0v) is 16.9. The summed E-state index contributed by atoms with van der Waals surface area (Å²) in [5.41, 5.74) is 7.49. The largest absolute Gasteiger partial charge is 0.495 e. The predicted octanol–water partition coefficient (Wildman–Crippen LogP) is 4.76. The van der Waals surface area contributed by atoms with Gasteiger partial charge >= 0.3 is 0 Å². The van der Waals surface area contributed by atoms with E-state index in [1.54, 1.807) is 13.3 Å². The smallest absolute Gasteiger partial charge is 0.268 e. The van der Waals surface area contributed by atoms with E-state index in [2.05, 4.69) is 9.97 Å². The van der Waals surface area contributed by atoms with Gasteiger partial charge in [-0.05, 0) is 24.5 Å². The van der Waals surface area contributed by atoms with Crippen LogP contribution in [0, 0.1) is 0 Å². The molecule has 0 aliphatic rings. The lowest BCUT2D eigenvalue weighted by Crippen LogP contribution is -2.15. The number of benzene rings is 2. The molecule has 7 heteroatoms. The zero-order chi connectivity index (χ0) is 19.7. The number of rotatable bonds is 5. The van der Waals surface area contributed by atoms with E-state index in [0.717, 1.165) is 42.2 Å². The second-order valence-corrected chi connectivity index (χ2v) is 7.85. The van der Waals surface area contributed by atoms with E-state index in [4.69, 9.17) is 10.5 Å². The van der Waals surface area contributed by atoms with Gasteiger partial charge in [-0.15, -0.1) is 11.8 Å². The topological polar surface area (TPSA) is 78.1 Å². The monoisotopic (exact) mass is 407 g/mol. The third-order valence-electron chi connectivity index (χ3n) is 4.35. The van der Waals surface area contributed by atoms with Crippen molar-refractivity contribution in [1.82, 2.24) is 9.97 Å². The summed E-state index contributed by atoms with van der Waals surface area (Å²) < 4.78 is 5.72. The maximum absolute atomic E-state index is 12.0. The first-order chi connectivity index (χ1) is 13.6. The highest BCUT2D eigenvalue weighted by Crippen LogP contribution is 2.45.